The van der Waals surface area contributed by atoms with E-state index in [1.165, 1.54) is 17.7 Å². The zero-order valence-corrected chi connectivity index (χ0v) is 16.6. The van der Waals surface area contributed by atoms with Crippen LogP contribution in [0.25, 0.3) is 22.6 Å². The lowest BCUT2D eigenvalue weighted by atomic mass is 9.88. The van der Waals surface area contributed by atoms with Crippen LogP contribution in [0.3, 0.4) is 0 Å². The molecule has 0 unspecified atom stereocenters. The molecule has 7 heteroatoms. The topological polar surface area (TPSA) is 77.7 Å². The lowest BCUT2D eigenvalue weighted by Crippen LogP contribution is -2.23. The van der Waals surface area contributed by atoms with E-state index in [-0.39, 0.29) is 5.91 Å². The number of carbonyl (C=O) groups is 1. The van der Waals surface area contributed by atoms with Gasteiger partial charge in [-0.2, -0.15) is 5.10 Å². The van der Waals surface area contributed by atoms with Gasteiger partial charge in [0.05, 0.1) is 16.7 Å². The number of nitrogens with one attached hydrogen (secondary N) is 2. The Morgan fingerprint density at radius 3 is 3.00 bits per heavy atom. The van der Waals surface area contributed by atoms with Crippen molar-refractivity contribution in [1.82, 2.24) is 20.2 Å². The zero-order chi connectivity index (χ0) is 18.2. The highest BCUT2D eigenvalue weighted by Gasteiger charge is 2.53. The summed E-state index contributed by atoms with van der Waals surface area (Å²) in [6.45, 7) is 3.92. The fourth-order valence-electron chi connectivity index (χ4n) is 4.21. The van der Waals surface area contributed by atoms with Gasteiger partial charge in [-0.1, -0.05) is 6.92 Å². The van der Waals surface area contributed by atoms with Gasteiger partial charge in [0.2, 0.25) is 5.91 Å². The van der Waals surface area contributed by atoms with E-state index in [1.54, 1.807) is 18.9 Å². The quantitative estimate of drug-likeness (QED) is 0.669. The maximum atomic E-state index is 11.7. The molecular formula is C19H20BrN5O. The van der Waals surface area contributed by atoms with Crippen molar-refractivity contribution >= 4 is 38.6 Å². The van der Waals surface area contributed by atoms with Gasteiger partial charge in [-0.3, -0.25) is 9.89 Å². The third-order valence-electron chi connectivity index (χ3n) is 6.13. The molecule has 1 amide bonds. The van der Waals surface area contributed by atoms with Crippen molar-refractivity contribution in [3.05, 3.63) is 27.9 Å². The first kappa shape index (κ1) is 16.1. The number of benzene rings is 1. The molecule has 0 saturated heterocycles. The minimum atomic E-state index is -0.0188. The van der Waals surface area contributed by atoms with E-state index in [1.807, 2.05) is 12.1 Å². The van der Waals surface area contributed by atoms with Gasteiger partial charge >= 0.3 is 0 Å². The van der Waals surface area contributed by atoms with Gasteiger partial charge in [-0.15, -0.1) is 0 Å². The predicted molar refractivity (Wildman–Crippen MR) is 104 cm³/mol. The average Bonchev–Trinajstić information content (AvgIpc) is 2.90. The Morgan fingerprint density at radius 2 is 2.23 bits per heavy atom. The monoisotopic (exact) mass is 413 g/mol. The van der Waals surface area contributed by atoms with Gasteiger partial charge in [-0.25, -0.2) is 4.98 Å². The summed E-state index contributed by atoms with van der Waals surface area (Å²) in [4.78, 5) is 21.5. The van der Waals surface area contributed by atoms with Crippen LogP contribution in [-0.4, -0.2) is 33.1 Å². The number of nitrogens with zero attached hydrogens (tertiary/aromatic N) is 3. The average molecular weight is 414 g/mol. The number of anilines is 1. The van der Waals surface area contributed by atoms with Crippen molar-refractivity contribution in [2.45, 2.75) is 33.1 Å². The van der Waals surface area contributed by atoms with Crippen LogP contribution in [0.2, 0.25) is 0 Å². The molecule has 5 rings (SSSR count). The van der Waals surface area contributed by atoms with Crippen LogP contribution in [-0.2, 0) is 17.6 Å². The molecule has 2 N–H and O–H groups in total. The van der Waals surface area contributed by atoms with Crippen LogP contribution < -0.4 is 4.90 Å². The van der Waals surface area contributed by atoms with Crippen molar-refractivity contribution < 1.29 is 4.79 Å². The summed E-state index contributed by atoms with van der Waals surface area (Å²) >= 11 is 3.56. The number of aromatic nitrogens is 4. The molecule has 1 saturated carbocycles. The summed E-state index contributed by atoms with van der Waals surface area (Å²) < 4.78 is 0.857. The maximum absolute atomic E-state index is 11.7. The molecule has 1 fully saturated rings. The van der Waals surface area contributed by atoms with E-state index in [2.05, 4.69) is 38.0 Å². The number of halogens is 1. The smallest absolute Gasteiger partial charge is 0.223 e. The lowest BCUT2D eigenvalue weighted by Gasteiger charge is -2.17. The summed E-state index contributed by atoms with van der Waals surface area (Å²) in [6, 6.07) is 3.90. The number of aromatic amines is 2. The Hall–Kier alpha value is -2.15. The molecule has 2 heterocycles. The van der Waals surface area contributed by atoms with E-state index in [4.69, 9.17) is 4.98 Å². The Labute approximate surface area is 159 Å². The van der Waals surface area contributed by atoms with Crippen LogP contribution in [0, 0.1) is 11.3 Å². The molecule has 6 nitrogen and oxygen atoms in total. The molecule has 3 aromatic rings. The first-order valence-electron chi connectivity index (χ1n) is 8.86. The minimum absolute atomic E-state index is 0.0188. The highest BCUT2D eigenvalue weighted by molar-refractivity contribution is 9.10. The Bertz CT molecular complexity index is 1070. The molecule has 26 heavy (non-hydrogen) atoms. The second-order valence-electron chi connectivity index (χ2n) is 7.95. The van der Waals surface area contributed by atoms with Crippen molar-refractivity contribution in [1.29, 1.82) is 0 Å². The standard InChI is InChI=1S/C19H20BrN5O/c1-9(26)25(3)16-6-14-13(5-12(16)20)21-18(22-14)17-11-4-10-7-19(10,2)8-15(11)23-24-17/h5-6,10H,4,7-8H2,1-3H3,(H,21,22)(H,23,24)/t10-,19-/m1/s1. The first-order valence-corrected chi connectivity index (χ1v) is 9.65. The molecular weight excluding hydrogens is 394 g/mol. The molecule has 0 aliphatic heterocycles. The predicted octanol–water partition coefficient (Wildman–Crippen LogP) is 3.82. The fourth-order valence-corrected chi connectivity index (χ4v) is 4.82. The Balaban J connectivity index is 1.58. The van der Waals surface area contributed by atoms with Crippen LogP contribution in [0.15, 0.2) is 16.6 Å². The minimum Gasteiger partial charge on any atom is -0.337 e. The molecule has 134 valence electrons. The maximum Gasteiger partial charge on any atom is 0.223 e. The second-order valence-corrected chi connectivity index (χ2v) is 8.80. The van der Waals surface area contributed by atoms with Gasteiger partial charge in [0.25, 0.3) is 0 Å². The molecule has 2 aliphatic rings. The molecule has 0 radical (unpaired) electrons. The number of fused-ring (bicyclic) bond motifs is 3. The highest BCUT2D eigenvalue weighted by Crippen LogP contribution is 2.59. The van der Waals surface area contributed by atoms with Gasteiger partial charge in [0.15, 0.2) is 5.82 Å². The van der Waals surface area contributed by atoms with Crippen molar-refractivity contribution in [3.8, 4) is 11.5 Å². The summed E-state index contributed by atoms with van der Waals surface area (Å²) in [5.41, 5.74) is 6.54. The van der Waals surface area contributed by atoms with Gasteiger partial charge in [0.1, 0.15) is 5.69 Å². The number of H-pyrrole nitrogens is 2. The van der Waals surface area contributed by atoms with Crippen molar-refractivity contribution in [2.24, 2.45) is 11.3 Å². The van der Waals surface area contributed by atoms with E-state index in [0.29, 0.717) is 5.41 Å². The first-order chi connectivity index (χ1) is 12.4. The normalized spacial score (nSPS) is 23.6. The Kier molecular flexibility index (Phi) is 3.20. The number of amides is 1. The highest BCUT2D eigenvalue weighted by atomic mass is 79.9. The van der Waals surface area contributed by atoms with Crippen molar-refractivity contribution in [3.63, 3.8) is 0 Å². The summed E-state index contributed by atoms with van der Waals surface area (Å²) in [5.74, 6) is 1.55. The largest absolute Gasteiger partial charge is 0.337 e. The molecule has 0 spiro atoms. The lowest BCUT2D eigenvalue weighted by molar-refractivity contribution is -0.116. The van der Waals surface area contributed by atoms with Crippen LogP contribution in [0.1, 0.15) is 31.5 Å². The zero-order valence-electron chi connectivity index (χ0n) is 15.0. The van der Waals surface area contributed by atoms with Gasteiger partial charge < -0.3 is 9.88 Å². The van der Waals surface area contributed by atoms with E-state index in [9.17, 15) is 4.79 Å². The van der Waals surface area contributed by atoms with E-state index in [0.717, 1.165) is 51.5 Å². The number of hydrogen-bond acceptors (Lipinski definition) is 3. The van der Waals surface area contributed by atoms with Crippen LogP contribution in [0.4, 0.5) is 5.69 Å². The summed E-state index contributed by atoms with van der Waals surface area (Å²) in [6.07, 6.45) is 3.47. The number of carbonyl (C=O) groups excluding carboxylic acids is 1. The third kappa shape index (κ3) is 2.26. The second kappa shape index (κ2) is 5.19. The van der Waals surface area contributed by atoms with Crippen LogP contribution >= 0.6 is 15.9 Å². The van der Waals surface area contributed by atoms with Crippen molar-refractivity contribution in [2.75, 3.05) is 11.9 Å². The molecule has 2 atom stereocenters. The van der Waals surface area contributed by atoms with Gasteiger partial charge in [-0.05, 0) is 58.7 Å². The SMILES string of the molecule is CC(=O)N(C)c1cc2nc(-c3n[nH]c4c3C[C@@H]3C[C@]3(C)C4)[nH]c2cc1Br. The summed E-state index contributed by atoms with van der Waals surface area (Å²) in [5, 5.41) is 7.80. The molecule has 0 bridgehead atoms. The third-order valence-corrected chi connectivity index (χ3v) is 6.77. The molecule has 2 aliphatic carbocycles. The van der Waals surface area contributed by atoms with Gasteiger partial charge in [0, 0.05) is 29.7 Å². The fraction of sp³-hybridized carbons (Fsp3) is 0.421. The number of imidazole rings is 1. The number of rotatable bonds is 2. The molecule has 2 aromatic heterocycles. The molecule has 1 aromatic carbocycles. The summed E-state index contributed by atoms with van der Waals surface area (Å²) in [7, 11) is 1.76. The Morgan fingerprint density at radius 1 is 1.42 bits per heavy atom. The number of hydrogen-bond donors (Lipinski definition) is 2. The van der Waals surface area contributed by atoms with E-state index < -0.39 is 0 Å². The van der Waals surface area contributed by atoms with E-state index >= 15 is 0 Å². The van der Waals surface area contributed by atoms with Crippen LogP contribution in [0.5, 0.6) is 0 Å².